The molecule has 0 aliphatic heterocycles. The van der Waals surface area contributed by atoms with Gasteiger partial charge < -0.3 is 10.1 Å². The molecule has 2 heterocycles. The third-order valence-electron chi connectivity index (χ3n) is 3.97. The first kappa shape index (κ1) is 20.0. The molecule has 0 unspecified atom stereocenters. The molecule has 28 heavy (non-hydrogen) atoms. The summed E-state index contributed by atoms with van der Waals surface area (Å²) in [5, 5.41) is 7.84. The van der Waals surface area contributed by atoms with Crippen molar-refractivity contribution in [2.75, 3.05) is 11.9 Å². The number of hydrogen-bond donors (Lipinski definition) is 1. The van der Waals surface area contributed by atoms with Gasteiger partial charge in [0.1, 0.15) is 11.4 Å². The first-order chi connectivity index (χ1) is 13.4. The molecule has 1 amide bonds. The second-order valence-electron chi connectivity index (χ2n) is 5.97. The van der Waals surface area contributed by atoms with E-state index in [1.165, 1.54) is 4.68 Å². The minimum Gasteiger partial charge on any atom is -0.462 e. The molecule has 146 valence electrons. The van der Waals surface area contributed by atoms with Crippen molar-refractivity contribution in [1.29, 1.82) is 0 Å². The molecule has 2 aromatic heterocycles. The first-order valence-electron chi connectivity index (χ1n) is 8.63. The summed E-state index contributed by atoms with van der Waals surface area (Å²) in [5.74, 6) is -0.782. The highest BCUT2D eigenvalue weighted by Gasteiger charge is 2.22. The highest BCUT2D eigenvalue weighted by molar-refractivity contribution is 7.18. The number of carbonyl (C=O) groups is 2. The van der Waals surface area contributed by atoms with E-state index in [0.29, 0.717) is 32.1 Å². The van der Waals surface area contributed by atoms with Crippen molar-refractivity contribution in [3.8, 4) is 11.3 Å². The van der Waals surface area contributed by atoms with Crippen molar-refractivity contribution in [3.05, 3.63) is 51.6 Å². The monoisotopic (exact) mass is 418 g/mol. The zero-order chi connectivity index (χ0) is 20.3. The predicted molar refractivity (Wildman–Crippen MR) is 109 cm³/mol. The van der Waals surface area contributed by atoms with Gasteiger partial charge in [-0.3, -0.25) is 9.48 Å². The number of halogens is 1. The quantitative estimate of drug-likeness (QED) is 0.609. The van der Waals surface area contributed by atoms with Gasteiger partial charge in [-0.05, 0) is 20.8 Å². The Morgan fingerprint density at radius 2 is 1.96 bits per heavy atom. The number of esters is 1. The molecule has 1 aromatic carbocycles. The van der Waals surface area contributed by atoms with E-state index in [1.807, 2.05) is 30.3 Å². The zero-order valence-electron chi connectivity index (χ0n) is 15.7. The van der Waals surface area contributed by atoms with E-state index in [4.69, 9.17) is 16.3 Å². The fraction of sp³-hybridized carbons (Fsp3) is 0.263. The number of nitrogens with zero attached hydrogens (tertiary/aromatic N) is 3. The Balaban J connectivity index is 1.84. The minimum absolute atomic E-state index is 0.00557. The van der Waals surface area contributed by atoms with Crippen molar-refractivity contribution in [2.45, 2.75) is 27.3 Å². The van der Waals surface area contributed by atoms with Gasteiger partial charge in [0.2, 0.25) is 5.91 Å². The molecule has 9 heteroatoms. The lowest BCUT2D eigenvalue weighted by atomic mass is 10.1. The fourth-order valence-electron chi connectivity index (χ4n) is 2.62. The number of ether oxygens (including phenoxy) is 1. The molecule has 0 aliphatic carbocycles. The number of nitrogens with one attached hydrogen (secondary N) is 1. The Hall–Kier alpha value is -2.71. The zero-order valence-corrected chi connectivity index (χ0v) is 17.2. The van der Waals surface area contributed by atoms with E-state index in [-0.39, 0.29) is 19.1 Å². The molecular formula is C19H19ClN4O3S. The Labute approximate surface area is 171 Å². The summed E-state index contributed by atoms with van der Waals surface area (Å²) < 4.78 is 6.66. The summed E-state index contributed by atoms with van der Waals surface area (Å²) in [6.45, 7) is 5.57. The molecule has 0 radical (unpaired) electrons. The second kappa shape index (κ2) is 8.53. The van der Waals surface area contributed by atoms with Crippen LogP contribution in [0.3, 0.4) is 0 Å². The molecule has 0 fully saturated rings. The first-order valence-corrected chi connectivity index (χ1v) is 9.82. The summed E-state index contributed by atoms with van der Waals surface area (Å²) >= 11 is 7.20. The standard InChI is InChI=1S/C19H19ClN4O3S/c1-4-27-18(26)17-16(13-8-6-5-7-9-13)22-19(28-17)21-14(25)10-24-12(3)15(20)11(2)23-24/h5-9H,4,10H2,1-3H3,(H,21,22,25). The third kappa shape index (κ3) is 4.23. The highest BCUT2D eigenvalue weighted by Crippen LogP contribution is 2.32. The van der Waals surface area contributed by atoms with Crippen LogP contribution >= 0.6 is 22.9 Å². The lowest BCUT2D eigenvalue weighted by molar-refractivity contribution is -0.116. The van der Waals surface area contributed by atoms with Crippen LogP contribution in [0.15, 0.2) is 30.3 Å². The smallest absolute Gasteiger partial charge is 0.350 e. The van der Waals surface area contributed by atoms with Gasteiger partial charge in [-0.25, -0.2) is 9.78 Å². The Morgan fingerprint density at radius 1 is 1.25 bits per heavy atom. The van der Waals surface area contributed by atoms with Crippen molar-refractivity contribution in [2.24, 2.45) is 0 Å². The summed E-state index contributed by atoms with van der Waals surface area (Å²) in [5.41, 5.74) is 2.63. The number of amides is 1. The van der Waals surface area contributed by atoms with Gasteiger partial charge in [-0.1, -0.05) is 53.3 Å². The molecule has 0 spiro atoms. The van der Waals surface area contributed by atoms with Crippen LogP contribution in [0.2, 0.25) is 5.02 Å². The maximum atomic E-state index is 12.4. The molecule has 0 saturated carbocycles. The van der Waals surface area contributed by atoms with Crippen LogP contribution in [0.1, 0.15) is 28.0 Å². The van der Waals surface area contributed by atoms with Gasteiger partial charge >= 0.3 is 5.97 Å². The second-order valence-corrected chi connectivity index (χ2v) is 7.35. The van der Waals surface area contributed by atoms with Gasteiger partial charge in [0.15, 0.2) is 5.13 Å². The maximum Gasteiger partial charge on any atom is 0.350 e. The molecule has 0 aliphatic rings. The Bertz CT molecular complexity index is 1010. The average molecular weight is 419 g/mol. The molecule has 0 saturated heterocycles. The largest absolute Gasteiger partial charge is 0.462 e. The van der Waals surface area contributed by atoms with Crippen LogP contribution in [0.5, 0.6) is 0 Å². The maximum absolute atomic E-state index is 12.4. The lowest BCUT2D eigenvalue weighted by Gasteiger charge is -2.04. The van der Waals surface area contributed by atoms with Crippen molar-refractivity contribution < 1.29 is 14.3 Å². The number of rotatable bonds is 6. The van der Waals surface area contributed by atoms with Gasteiger partial charge in [0.25, 0.3) is 0 Å². The van der Waals surface area contributed by atoms with Gasteiger partial charge in [-0.2, -0.15) is 5.10 Å². The van der Waals surface area contributed by atoms with Crippen LogP contribution in [-0.2, 0) is 16.1 Å². The van der Waals surface area contributed by atoms with E-state index < -0.39 is 5.97 Å². The third-order valence-corrected chi connectivity index (χ3v) is 5.47. The molecule has 7 nitrogen and oxygen atoms in total. The molecular weight excluding hydrogens is 400 g/mol. The minimum atomic E-state index is -0.468. The number of carbonyl (C=O) groups excluding carboxylic acids is 2. The topological polar surface area (TPSA) is 86.1 Å². The summed E-state index contributed by atoms with van der Waals surface area (Å²) in [6.07, 6.45) is 0. The summed E-state index contributed by atoms with van der Waals surface area (Å²) in [6, 6.07) is 9.29. The SMILES string of the molecule is CCOC(=O)c1sc(NC(=O)Cn2nc(C)c(Cl)c2C)nc1-c1ccccc1. The lowest BCUT2D eigenvalue weighted by Crippen LogP contribution is -2.20. The fourth-order valence-corrected chi connectivity index (χ4v) is 3.66. The Morgan fingerprint density at radius 3 is 2.57 bits per heavy atom. The number of aromatic nitrogens is 3. The molecule has 3 rings (SSSR count). The molecule has 3 aromatic rings. The van der Waals surface area contributed by atoms with Gasteiger partial charge in [0, 0.05) is 5.56 Å². The van der Waals surface area contributed by atoms with Crippen molar-refractivity contribution in [1.82, 2.24) is 14.8 Å². The Kier molecular flexibility index (Phi) is 6.11. The van der Waals surface area contributed by atoms with Gasteiger partial charge in [0.05, 0.1) is 28.7 Å². The molecule has 0 bridgehead atoms. The van der Waals surface area contributed by atoms with E-state index in [1.54, 1.807) is 20.8 Å². The van der Waals surface area contributed by atoms with E-state index in [2.05, 4.69) is 15.4 Å². The van der Waals surface area contributed by atoms with Crippen LogP contribution in [0.25, 0.3) is 11.3 Å². The van der Waals surface area contributed by atoms with E-state index >= 15 is 0 Å². The molecule has 1 N–H and O–H groups in total. The van der Waals surface area contributed by atoms with Crippen LogP contribution in [0, 0.1) is 13.8 Å². The number of hydrogen-bond acceptors (Lipinski definition) is 6. The van der Waals surface area contributed by atoms with E-state index in [0.717, 1.165) is 16.9 Å². The average Bonchev–Trinajstić information content (AvgIpc) is 3.20. The number of aryl methyl sites for hydroxylation is 1. The van der Waals surface area contributed by atoms with Gasteiger partial charge in [-0.15, -0.1) is 0 Å². The van der Waals surface area contributed by atoms with Crippen molar-refractivity contribution >= 4 is 39.9 Å². The summed E-state index contributed by atoms with van der Waals surface area (Å²) in [7, 11) is 0. The van der Waals surface area contributed by atoms with E-state index in [9.17, 15) is 9.59 Å². The predicted octanol–water partition coefficient (Wildman–Crippen LogP) is 4.09. The molecule has 0 atom stereocenters. The highest BCUT2D eigenvalue weighted by atomic mass is 35.5. The summed E-state index contributed by atoms with van der Waals surface area (Å²) in [4.78, 5) is 29.5. The van der Waals surface area contributed by atoms with Crippen LogP contribution in [0.4, 0.5) is 5.13 Å². The number of thiazole rings is 1. The number of anilines is 1. The normalized spacial score (nSPS) is 10.7. The van der Waals surface area contributed by atoms with Crippen LogP contribution in [-0.4, -0.2) is 33.2 Å². The van der Waals surface area contributed by atoms with Crippen LogP contribution < -0.4 is 5.32 Å². The number of benzene rings is 1. The van der Waals surface area contributed by atoms with Crippen molar-refractivity contribution in [3.63, 3.8) is 0 Å².